The zero-order chi connectivity index (χ0) is 29.6. The van der Waals surface area contributed by atoms with E-state index in [1.807, 2.05) is 91.0 Å². The molecular weight excluding hydrogens is 540 g/mol. The number of rotatable bonds is 10. The van der Waals surface area contributed by atoms with Gasteiger partial charge in [0.25, 0.3) is 0 Å². The monoisotopic (exact) mass is 576 g/mol. The second-order valence-electron chi connectivity index (χ2n) is 11.2. The largest absolute Gasteiger partial charge is 0.496 e. The van der Waals surface area contributed by atoms with E-state index in [1.54, 1.807) is 13.2 Å². The minimum atomic E-state index is -0.398. The number of nitrogens with zero attached hydrogens (tertiary/aromatic N) is 1. The molecule has 3 aliphatic rings. The molecule has 0 unspecified atom stereocenters. The average molecular weight is 577 g/mol. The number of methoxy groups -OCH3 is 1. The lowest BCUT2D eigenvalue weighted by Crippen LogP contribution is -2.52. The number of hydrogen-bond donors (Lipinski definition) is 1. The van der Waals surface area contributed by atoms with E-state index in [1.165, 1.54) is 0 Å². The number of fused-ring (bicyclic) bond motifs is 3. The summed E-state index contributed by atoms with van der Waals surface area (Å²) in [7, 11) is 1.63. The van der Waals surface area contributed by atoms with Crippen LogP contribution < -0.4 is 14.8 Å². The van der Waals surface area contributed by atoms with Crippen LogP contribution in [0, 0.1) is 5.92 Å². The van der Waals surface area contributed by atoms with Gasteiger partial charge in [0.2, 0.25) is 0 Å². The maximum Gasteiger partial charge on any atom is 0.408 e. The Labute approximate surface area is 252 Å². The standard InChI is InChI=1S/C36H36N2O5/c1-41-33-20-26(13-14-32(33)29-10-5-7-25(19-29)23-39)24-42-31-12-6-11-30(21-31)35(28-8-3-2-4-9-28)37-36(40)43-34-22-38-17-15-27(34)16-18-38/h2-14,19-21,23,27,34-35H,15-18,22,24H2,1H3,(H,37,40)/t34-,35-/m0/s1. The summed E-state index contributed by atoms with van der Waals surface area (Å²) < 4.78 is 17.8. The fourth-order valence-corrected chi connectivity index (χ4v) is 6.13. The van der Waals surface area contributed by atoms with Crippen LogP contribution in [0.5, 0.6) is 11.5 Å². The third-order valence-electron chi connectivity index (χ3n) is 8.45. The predicted octanol–water partition coefficient (Wildman–Crippen LogP) is 6.66. The quantitative estimate of drug-likeness (QED) is 0.213. The lowest BCUT2D eigenvalue weighted by Gasteiger charge is -2.43. The Balaban J connectivity index is 1.16. The molecule has 0 aliphatic carbocycles. The van der Waals surface area contributed by atoms with E-state index in [2.05, 4.69) is 10.2 Å². The Hall–Kier alpha value is -4.62. The molecule has 1 N–H and O–H groups in total. The van der Waals surface area contributed by atoms with Gasteiger partial charge in [0.05, 0.1) is 13.2 Å². The van der Waals surface area contributed by atoms with Crippen LogP contribution in [-0.4, -0.2) is 50.1 Å². The summed E-state index contributed by atoms with van der Waals surface area (Å²) >= 11 is 0. The van der Waals surface area contributed by atoms with Gasteiger partial charge in [-0.05, 0) is 78.4 Å². The number of aldehydes is 1. The van der Waals surface area contributed by atoms with Crippen LogP contribution in [0.25, 0.3) is 11.1 Å². The molecule has 3 fully saturated rings. The Morgan fingerprint density at radius 2 is 1.72 bits per heavy atom. The molecule has 0 spiro atoms. The van der Waals surface area contributed by atoms with Gasteiger partial charge in [-0.1, -0.05) is 72.8 Å². The zero-order valence-corrected chi connectivity index (χ0v) is 24.3. The number of alkyl carbamates (subject to hydrolysis) is 1. The lowest BCUT2D eigenvalue weighted by molar-refractivity contribution is -0.0336. The van der Waals surface area contributed by atoms with Gasteiger partial charge >= 0.3 is 6.09 Å². The minimum absolute atomic E-state index is 0.0640. The predicted molar refractivity (Wildman–Crippen MR) is 165 cm³/mol. The molecule has 2 atom stereocenters. The van der Waals surface area contributed by atoms with Crippen molar-refractivity contribution in [2.45, 2.75) is 31.6 Å². The number of carbonyl (C=O) groups excluding carboxylic acids is 2. The van der Waals surface area contributed by atoms with Crippen LogP contribution in [-0.2, 0) is 11.3 Å². The molecule has 4 aromatic rings. The first-order valence-electron chi connectivity index (χ1n) is 14.8. The van der Waals surface area contributed by atoms with Crippen LogP contribution >= 0.6 is 0 Å². The lowest BCUT2D eigenvalue weighted by atomic mass is 9.86. The van der Waals surface area contributed by atoms with Gasteiger partial charge in [0, 0.05) is 17.7 Å². The third kappa shape index (κ3) is 6.73. The van der Waals surface area contributed by atoms with Gasteiger partial charge < -0.3 is 19.5 Å². The topological polar surface area (TPSA) is 77.1 Å². The molecule has 7 nitrogen and oxygen atoms in total. The number of amides is 1. The smallest absolute Gasteiger partial charge is 0.408 e. The first-order chi connectivity index (χ1) is 21.1. The van der Waals surface area contributed by atoms with E-state index in [-0.39, 0.29) is 12.1 Å². The molecule has 0 aromatic heterocycles. The second kappa shape index (κ2) is 13.1. The fourth-order valence-electron chi connectivity index (χ4n) is 6.13. The van der Waals surface area contributed by atoms with Crippen molar-refractivity contribution in [1.82, 2.24) is 10.2 Å². The Morgan fingerprint density at radius 1 is 0.930 bits per heavy atom. The molecule has 3 saturated heterocycles. The van der Waals surface area contributed by atoms with Crippen molar-refractivity contribution in [2.75, 3.05) is 26.7 Å². The van der Waals surface area contributed by atoms with Crippen molar-refractivity contribution in [3.05, 3.63) is 119 Å². The molecule has 1 amide bonds. The summed E-state index contributed by atoms with van der Waals surface area (Å²) in [4.78, 5) is 26.8. The van der Waals surface area contributed by atoms with E-state index in [4.69, 9.17) is 14.2 Å². The highest BCUT2D eigenvalue weighted by molar-refractivity contribution is 5.80. The fraction of sp³-hybridized carbons (Fsp3) is 0.278. The van der Waals surface area contributed by atoms with E-state index < -0.39 is 6.09 Å². The Morgan fingerprint density at radius 3 is 2.47 bits per heavy atom. The van der Waals surface area contributed by atoms with E-state index in [0.717, 1.165) is 66.6 Å². The molecule has 7 rings (SSSR count). The van der Waals surface area contributed by atoms with Crippen molar-refractivity contribution in [3.8, 4) is 22.6 Å². The molecular formula is C36H36N2O5. The highest BCUT2D eigenvalue weighted by atomic mass is 16.6. The maximum absolute atomic E-state index is 13.2. The second-order valence-corrected chi connectivity index (χ2v) is 11.2. The average Bonchev–Trinajstić information content (AvgIpc) is 3.07. The van der Waals surface area contributed by atoms with Crippen LogP contribution in [0.1, 0.15) is 45.9 Å². The summed E-state index contributed by atoms with van der Waals surface area (Å²) in [5.41, 5.74) is 5.23. The number of ether oxygens (including phenoxy) is 3. The number of benzene rings is 4. The van der Waals surface area contributed by atoms with Crippen LogP contribution in [0.2, 0.25) is 0 Å². The molecule has 43 heavy (non-hydrogen) atoms. The molecule has 220 valence electrons. The van der Waals surface area contributed by atoms with Crippen molar-refractivity contribution in [3.63, 3.8) is 0 Å². The van der Waals surface area contributed by atoms with E-state index in [9.17, 15) is 9.59 Å². The molecule has 4 aromatic carbocycles. The van der Waals surface area contributed by atoms with Crippen molar-refractivity contribution in [1.29, 1.82) is 0 Å². The van der Waals surface area contributed by atoms with Gasteiger partial charge in [0.1, 0.15) is 30.5 Å². The number of piperidine rings is 3. The first kappa shape index (κ1) is 28.5. The van der Waals surface area contributed by atoms with Crippen LogP contribution in [0.3, 0.4) is 0 Å². The summed E-state index contributed by atoms with van der Waals surface area (Å²) in [6.07, 6.45) is 2.55. The van der Waals surface area contributed by atoms with Crippen molar-refractivity contribution < 1.29 is 23.8 Å². The van der Waals surface area contributed by atoms with E-state index in [0.29, 0.717) is 29.6 Å². The van der Waals surface area contributed by atoms with E-state index >= 15 is 0 Å². The summed E-state index contributed by atoms with van der Waals surface area (Å²) in [5, 5.41) is 3.13. The van der Waals surface area contributed by atoms with Crippen molar-refractivity contribution in [2.24, 2.45) is 5.92 Å². The van der Waals surface area contributed by atoms with Crippen LogP contribution in [0.4, 0.5) is 4.79 Å². The highest BCUT2D eigenvalue weighted by Crippen LogP contribution is 2.33. The number of nitrogens with one attached hydrogen (secondary N) is 1. The SMILES string of the molecule is COc1cc(COc2cccc([C@@H](NC(=O)O[C@H]3CN4CCC3CC4)c3ccccc3)c2)ccc1-c1cccc(C=O)c1. The Kier molecular flexibility index (Phi) is 8.70. The van der Waals surface area contributed by atoms with Crippen molar-refractivity contribution >= 4 is 12.4 Å². The van der Waals surface area contributed by atoms with Crippen LogP contribution in [0.15, 0.2) is 97.1 Å². The molecule has 3 heterocycles. The molecule has 0 saturated carbocycles. The third-order valence-corrected chi connectivity index (χ3v) is 8.45. The first-order valence-corrected chi connectivity index (χ1v) is 14.8. The zero-order valence-electron chi connectivity index (χ0n) is 24.3. The summed E-state index contributed by atoms with van der Waals surface area (Å²) in [5.74, 6) is 1.83. The number of hydrogen-bond acceptors (Lipinski definition) is 6. The summed E-state index contributed by atoms with van der Waals surface area (Å²) in [6.45, 7) is 3.34. The molecule has 2 bridgehead atoms. The van der Waals surface area contributed by atoms with Gasteiger partial charge in [0.15, 0.2) is 0 Å². The van der Waals surface area contributed by atoms with Gasteiger partial charge in [-0.3, -0.25) is 9.69 Å². The Bertz CT molecular complexity index is 1570. The molecule has 3 aliphatic heterocycles. The number of carbonyl (C=O) groups is 2. The molecule has 7 heteroatoms. The van der Waals surface area contributed by atoms with Gasteiger partial charge in [-0.15, -0.1) is 0 Å². The maximum atomic E-state index is 13.2. The summed E-state index contributed by atoms with van der Waals surface area (Å²) in [6, 6.07) is 30.7. The normalized spacial score (nSPS) is 19.7. The van der Waals surface area contributed by atoms with Gasteiger partial charge in [-0.25, -0.2) is 4.79 Å². The highest BCUT2D eigenvalue weighted by Gasteiger charge is 2.36. The molecule has 0 radical (unpaired) electrons. The van der Waals surface area contributed by atoms with Gasteiger partial charge in [-0.2, -0.15) is 0 Å². The minimum Gasteiger partial charge on any atom is -0.496 e.